The molecule has 0 atom stereocenters. The van der Waals surface area contributed by atoms with Gasteiger partial charge in [-0.05, 0) is 41.1 Å². The topological polar surface area (TPSA) is 69.6 Å². The molecule has 1 heterocycles. The SMILES string of the molecule is NCCc1ccc(-c2nnnn2-c2ccccc2)cc1. The number of benzene rings is 2. The summed E-state index contributed by atoms with van der Waals surface area (Å²) in [6.07, 6.45) is 0.879. The summed E-state index contributed by atoms with van der Waals surface area (Å²) >= 11 is 0. The van der Waals surface area contributed by atoms with Crippen molar-refractivity contribution in [1.82, 2.24) is 20.2 Å². The van der Waals surface area contributed by atoms with Gasteiger partial charge in [0.15, 0.2) is 5.82 Å². The van der Waals surface area contributed by atoms with E-state index in [1.807, 2.05) is 42.5 Å². The van der Waals surface area contributed by atoms with Crippen molar-refractivity contribution in [2.45, 2.75) is 6.42 Å². The van der Waals surface area contributed by atoms with Crippen LogP contribution in [0.5, 0.6) is 0 Å². The molecule has 5 nitrogen and oxygen atoms in total. The minimum absolute atomic E-state index is 0.654. The van der Waals surface area contributed by atoms with Gasteiger partial charge in [0.2, 0.25) is 0 Å². The second kappa shape index (κ2) is 5.63. The van der Waals surface area contributed by atoms with Gasteiger partial charge in [-0.3, -0.25) is 0 Å². The summed E-state index contributed by atoms with van der Waals surface area (Å²) in [5.74, 6) is 0.732. The average Bonchev–Trinajstić information content (AvgIpc) is 2.99. The Hall–Kier alpha value is -2.53. The maximum absolute atomic E-state index is 5.56. The molecule has 2 N–H and O–H groups in total. The Bertz CT molecular complexity index is 673. The molecule has 2 aromatic carbocycles. The zero-order valence-electron chi connectivity index (χ0n) is 11.0. The van der Waals surface area contributed by atoms with E-state index in [1.165, 1.54) is 5.56 Å². The molecule has 0 saturated heterocycles. The molecule has 1 aromatic heterocycles. The van der Waals surface area contributed by atoms with Crippen molar-refractivity contribution < 1.29 is 0 Å². The number of para-hydroxylation sites is 1. The lowest BCUT2D eigenvalue weighted by Gasteiger charge is -2.05. The van der Waals surface area contributed by atoms with E-state index in [1.54, 1.807) is 4.68 Å². The summed E-state index contributed by atoms with van der Waals surface area (Å²) in [4.78, 5) is 0. The van der Waals surface area contributed by atoms with Crippen LogP contribution in [0.2, 0.25) is 0 Å². The average molecular weight is 265 g/mol. The van der Waals surface area contributed by atoms with Gasteiger partial charge < -0.3 is 5.73 Å². The molecule has 0 saturated carbocycles. The number of rotatable bonds is 4. The highest BCUT2D eigenvalue weighted by Gasteiger charge is 2.10. The predicted molar refractivity (Wildman–Crippen MR) is 77.3 cm³/mol. The van der Waals surface area contributed by atoms with Crippen molar-refractivity contribution in [3.8, 4) is 17.1 Å². The Balaban J connectivity index is 1.97. The van der Waals surface area contributed by atoms with Crippen LogP contribution in [-0.2, 0) is 6.42 Å². The molecular formula is C15H15N5. The summed E-state index contributed by atoms with van der Waals surface area (Å²) in [6.45, 7) is 0.654. The first-order valence-electron chi connectivity index (χ1n) is 6.51. The molecule has 0 radical (unpaired) electrons. The van der Waals surface area contributed by atoms with E-state index < -0.39 is 0 Å². The molecule has 0 amide bonds. The smallest absolute Gasteiger partial charge is 0.187 e. The standard InChI is InChI=1S/C15H15N5/c16-11-10-12-6-8-13(9-7-12)15-17-18-19-20(15)14-4-2-1-3-5-14/h1-9H,10-11,16H2. The summed E-state index contributed by atoms with van der Waals surface area (Å²) in [7, 11) is 0. The van der Waals surface area contributed by atoms with Gasteiger partial charge in [0.1, 0.15) is 0 Å². The summed E-state index contributed by atoms with van der Waals surface area (Å²) < 4.78 is 1.73. The first-order valence-corrected chi connectivity index (χ1v) is 6.51. The first-order chi connectivity index (χ1) is 9.88. The second-order valence-electron chi connectivity index (χ2n) is 4.49. The van der Waals surface area contributed by atoms with Crippen LogP contribution in [0.15, 0.2) is 54.6 Å². The second-order valence-corrected chi connectivity index (χ2v) is 4.49. The lowest BCUT2D eigenvalue weighted by atomic mass is 10.1. The molecule has 0 bridgehead atoms. The fourth-order valence-electron chi connectivity index (χ4n) is 2.10. The number of hydrogen-bond donors (Lipinski definition) is 1. The molecule has 3 rings (SSSR count). The van der Waals surface area contributed by atoms with E-state index in [9.17, 15) is 0 Å². The van der Waals surface area contributed by atoms with Gasteiger partial charge in [0, 0.05) is 5.56 Å². The third-order valence-electron chi connectivity index (χ3n) is 3.12. The predicted octanol–water partition coefficient (Wildman–Crippen LogP) is 1.83. The van der Waals surface area contributed by atoms with Crippen molar-refractivity contribution in [3.63, 3.8) is 0 Å². The number of nitrogens with zero attached hydrogens (tertiary/aromatic N) is 4. The van der Waals surface area contributed by atoms with Crippen LogP contribution in [0, 0.1) is 0 Å². The minimum Gasteiger partial charge on any atom is -0.330 e. The maximum atomic E-state index is 5.56. The molecular weight excluding hydrogens is 250 g/mol. The van der Waals surface area contributed by atoms with Crippen molar-refractivity contribution in [2.24, 2.45) is 5.73 Å². The van der Waals surface area contributed by atoms with Gasteiger partial charge >= 0.3 is 0 Å². The molecule has 0 aliphatic carbocycles. The van der Waals surface area contributed by atoms with Gasteiger partial charge in [0.05, 0.1) is 5.69 Å². The van der Waals surface area contributed by atoms with E-state index in [2.05, 4.69) is 27.7 Å². The van der Waals surface area contributed by atoms with Crippen LogP contribution in [0.1, 0.15) is 5.56 Å². The van der Waals surface area contributed by atoms with E-state index in [-0.39, 0.29) is 0 Å². The van der Waals surface area contributed by atoms with Crippen molar-refractivity contribution in [3.05, 3.63) is 60.2 Å². The van der Waals surface area contributed by atoms with E-state index in [4.69, 9.17) is 5.73 Å². The molecule has 0 aliphatic rings. The normalized spacial score (nSPS) is 10.7. The van der Waals surface area contributed by atoms with E-state index in [0.717, 1.165) is 23.5 Å². The zero-order valence-corrected chi connectivity index (χ0v) is 11.0. The summed E-state index contributed by atoms with van der Waals surface area (Å²) in [5.41, 5.74) is 8.70. The van der Waals surface area contributed by atoms with Crippen LogP contribution in [0.4, 0.5) is 0 Å². The number of nitrogens with two attached hydrogens (primary N) is 1. The van der Waals surface area contributed by atoms with Crippen LogP contribution >= 0.6 is 0 Å². The van der Waals surface area contributed by atoms with Crippen molar-refractivity contribution in [2.75, 3.05) is 6.54 Å². The minimum atomic E-state index is 0.654. The Morgan fingerprint density at radius 2 is 1.70 bits per heavy atom. The molecule has 0 unspecified atom stereocenters. The largest absolute Gasteiger partial charge is 0.330 e. The van der Waals surface area contributed by atoms with Crippen LogP contribution in [-0.4, -0.2) is 26.8 Å². The molecule has 0 fully saturated rings. The number of aromatic nitrogens is 4. The van der Waals surface area contributed by atoms with Gasteiger partial charge in [-0.25, -0.2) is 0 Å². The van der Waals surface area contributed by atoms with Gasteiger partial charge in [-0.1, -0.05) is 42.5 Å². The molecule has 3 aromatic rings. The van der Waals surface area contributed by atoms with Crippen LogP contribution in [0.3, 0.4) is 0 Å². The Kier molecular flexibility index (Phi) is 3.52. The highest BCUT2D eigenvalue weighted by atomic mass is 15.5. The summed E-state index contributed by atoms with van der Waals surface area (Å²) in [6, 6.07) is 18.0. The summed E-state index contributed by atoms with van der Waals surface area (Å²) in [5, 5.41) is 11.9. The van der Waals surface area contributed by atoms with E-state index >= 15 is 0 Å². The fourth-order valence-corrected chi connectivity index (χ4v) is 2.10. The van der Waals surface area contributed by atoms with Gasteiger partial charge in [-0.15, -0.1) is 5.10 Å². The molecule has 20 heavy (non-hydrogen) atoms. The number of hydrogen-bond acceptors (Lipinski definition) is 4. The fraction of sp³-hybridized carbons (Fsp3) is 0.133. The van der Waals surface area contributed by atoms with Crippen LogP contribution < -0.4 is 5.73 Å². The van der Waals surface area contributed by atoms with Crippen LogP contribution in [0.25, 0.3) is 17.1 Å². The first kappa shape index (κ1) is 12.5. The molecule has 5 heteroatoms. The van der Waals surface area contributed by atoms with Gasteiger partial charge in [0.25, 0.3) is 0 Å². The Morgan fingerprint density at radius 1 is 0.950 bits per heavy atom. The lowest BCUT2D eigenvalue weighted by molar-refractivity contribution is 0.791. The molecule has 0 aliphatic heterocycles. The number of tetrazole rings is 1. The maximum Gasteiger partial charge on any atom is 0.187 e. The third kappa shape index (κ3) is 2.44. The van der Waals surface area contributed by atoms with Crippen molar-refractivity contribution in [1.29, 1.82) is 0 Å². The third-order valence-corrected chi connectivity index (χ3v) is 3.12. The van der Waals surface area contributed by atoms with Crippen molar-refractivity contribution >= 4 is 0 Å². The van der Waals surface area contributed by atoms with E-state index in [0.29, 0.717) is 6.54 Å². The highest BCUT2D eigenvalue weighted by Crippen LogP contribution is 2.19. The Morgan fingerprint density at radius 3 is 2.40 bits per heavy atom. The zero-order chi connectivity index (χ0) is 13.8. The Labute approximate surface area is 117 Å². The molecule has 0 spiro atoms. The lowest BCUT2D eigenvalue weighted by Crippen LogP contribution is -2.03. The quantitative estimate of drug-likeness (QED) is 0.781. The highest BCUT2D eigenvalue weighted by molar-refractivity contribution is 5.57. The molecule has 100 valence electrons. The monoisotopic (exact) mass is 265 g/mol. The van der Waals surface area contributed by atoms with Gasteiger partial charge in [-0.2, -0.15) is 4.68 Å².